The van der Waals surface area contributed by atoms with Crippen LogP contribution >= 0.6 is 0 Å². The van der Waals surface area contributed by atoms with E-state index >= 15 is 0 Å². The minimum absolute atomic E-state index is 0.404. The maximum absolute atomic E-state index is 14.4. The van der Waals surface area contributed by atoms with Crippen LogP contribution in [0.5, 0.6) is 5.75 Å². The molecule has 2 aromatic carbocycles. The van der Waals surface area contributed by atoms with Gasteiger partial charge in [-0.15, -0.1) is 0 Å². The highest BCUT2D eigenvalue weighted by Crippen LogP contribution is 2.49. The lowest BCUT2D eigenvalue weighted by molar-refractivity contribution is -0.267. The summed E-state index contributed by atoms with van der Waals surface area (Å²) < 4.78 is 48.6. The number of halogens is 3. The van der Waals surface area contributed by atoms with Crippen LogP contribution in [0.3, 0.4) is 0 Å². The van der Waals surface area contributed by atoms with E-state index < -0.39 is 30.0 Å². The summed E-state index contributed by atoms with van der Waals surface area (Å²) in [6, 6.07) is 12.4. The van der Waals surface area contributed by atoms with Crippen molar-refractivity contribution in [2.75, 3.05) is 7.11 Å². The summed E-state index contributed by atoms with van der Waals surface area (Å²) in [6.45, 7) is 3.79. The Kier molecular flexibility index (Phi) is 5.70. The van der Waals surface area contributed by atoms with E-state index in [0.717, 1.165) is 35.3 Å². The van der Waals surface area contributed by atoms with Gasteiger partial charge in [-0.1, -0.05) is 31.2 Å². The first kappa shape index (κ1) is 22.6. The van der Waals surface area contributed by atoms with Crippen LogP contribution in [-0.2, 0) is 18.3 Å². The van der Waals surface area contributed by atoms with E-state index in [1.807, 2.05) is 26.0 Å². The van der Waals surface area contributed by atoms with Gasteiger partial charge in [0, 0.05) is 18.0 Å². The molecule has 6 heteroatoms. The number of fused-ring (bicyclic) bond motifs is 2. The van der Waals surface area contributed by atoms with E-state index in [0.29, 0.717) is 22.9 Å². The summed E-state index contributed by atoms with van der Waals surface area (Å²) in [4.78, 5) is 4.24. The Morgan fingerprint density at radius 2 is 1.88 bits per heavy atom. The molecule has 1 aliphatic rings. The average Bonchev–Trinajstić information content (AvgIpc) is 2.74. The highest BCUT2D eigenvalue weighted by atomic mass is 19.4. The molecule has 4 rings (SSSR count). The van der Waals surface area contributed by atoms with Crippen LogP contribution in [0.25, 0.3) is 10.9 Å². The van der Waals surface area contributed by atoms with Crippen LogP contribution in [0.4, 0.5) is 13.2 Å². The molecule has 0 spiro atoms. The van der Waals surface area contributed by atoms with E-state index in [9.17, 15) is 18.3 Å². The lowest BCUT2D eigenvalue weighted by Gasteiger charge is -2.43. The summed E-state index contributed by atoms with van der Waals surface area (Å²) in [7, 11) is 1.60. The second kappa shape index (κ2) is 8.07. The number of hydrogen-bond donors (Lipinski definition) is 1. The van der Waals surface area contributed by atoms with Crippen molar-refractivity contribution in [1.29, 1.82) is 0 Å². The number of methoxy groups -OCH3 is 1. The smallest absolute Gasteiger partial charge is 0.417 e. The summed E-state index contributed by atoms with van der Waals surface area (Å²) in [5.74, 6) is 0.738. The molecule has 1 N–H and O–H groups in total. The number of benzene rings is 2. The van der Waals surface area contributed by atoms with E-state index in [1.165, 1.54) is 6.20 Å². The molecule has 0 saturated carbocycles. The normalized spacial score (nSPS) is 20.6. The molecule has 1 heterocycles. The molecule has 1 aliphatic carbocycles. The third-order valence-corrected chi connectivity index (χ3v) is 7.01. The average molecular weight is 444 g/mol. The van der Waals surface area contributed by atoms with Gasteiger partial charge in [0.2, 0.25) is 0 Å². The first-order chi connectivity index (χ1) is 15.1. The van der Waals surface area contributed by atoms with E-state index in [2.05, 4.69) is 4.98 Å². The van der Waals surface area contributed by atoms with Gasteiger partial charge in [0.15, 0.2) is 5.60 Å². The number of aromatic nitrogens is 1. The standard InChI is InChI=1S/C26H28F3NO2/c1-17-19-8-6-13-24(2,21(19)10-11-23(17)32-3)16-25(31,26(27,28)29)15-18-12-14-30-22-9-5-4-7-20(18)22/h4-5,7,9-12,14,31H,6,8,13,15-16H2,1-3H3. The zero-order chi connectivity index (χ0) is 23.1. The third kappa shape index (κ3) is 3.85. The first-order valence-electron chi connectivity index (χ1n) is 10.9. The summed E-state index contributed by atoms with van der Waals surface area (Å²) in [5.41, 5.74) is 0.270. The van der Waals surface area contributed by atoms with Crippen molar-refractivity contribution in [1.82, 2.24) is 4.98 Å². The van der Waals surface area contributed by atoms with Gasteiger partial charge in [-0.3, -0.25) is 4.98 Å². The molecular weight excluding hydrogens is 415 g/mol. The summed E-state index contributed by atoms with van der Waals surface area (Å²) in [5, 5.41) is 11.8. The molecule has 2 unspecified atom stereocenters. The molecule has 0 fully saturated rings. The maximum Gasteiger partial charge on any atom is 0.417 e. The minimum atomic E-state index is -4.78. The molecule has 0 radical (unpaired) electrons. The molecule has 2 atom stereocenters. The molecular formula is C26H28F3NO2. The molecule has 0 bridgehead atoms. The van der Waals surface area contributed by atoms with Crippen molar-refractivity contribution in [3.63, 3.8) is 0 Å². The van der Waals surface area contributed by atoms with Gasteiger partial charge in [0.05, 0.1) is 12.6 Å². The molecule has 32 heavy (non-hydrogen) atoms. The van der Waals surface area contributed by atoms with Crippen LogP contribution < -0.4 is 4.74 Å². The Morgan fingerprint density at radius 1 is 1.12 bits per heavy atom. The molecule has 1 aromatic heterocycles. The number of alkyl halides is 3. The Morgan fingerprint density at radius 3 is 2.59 bits per heavy atom. The number of aliphatic hydroxyl groups is 1. The van der Waals surface area contributed by atoms with Gasteiger partial charge in [-0.05, 0) is 78.5 Å². The second-order valence-electron chi connectivity index (χ2n) is 9.20. The largest absolute Gasteiger partial charge is 0.496 e. The van der Waals surface area contributed by atoms with E-state index in [4.69, 9.17) is 4.74 Å². The molecule has 3 nitrogen and oxygen atoms in total. The predicted molar refractivity (Wildman–Crippen MR) is 119 cm³/mol. The summed E-state index contributed by atoms with van der Waals surface area (Å²) in [6.07, 6.45) is -2.04. The van der Waals surface area contributed by atoms with Crippen molar-refractivity contribution in [3.8, 4) is 5.75 Å². The fourth-order valence-corrected chi connectivity index (χ4v) is 5.35. The van der Waals surface area contributed by atoms with Crippen LogP contribution in [0.1, 0.15) is 48.4 Å². The Bertz CT molecular complexity index is 1140. The van der Waals surface area contributed by atoms with E-state index in [-0.39, 0.29) is 0 Å². The fourth-order valence-electron chi connectivity index (χ4n) is 5.35. The van der Waals surface area contributed by atoms with Gasteiger partial charge < -0.3 is 9.84 Å². The number of rotatable bonds is 5. The van der Waals surface area contributed by atoms with Crippen molar-refractivity contribution in [2.45, 2.75) is 63.1 Å². The molecule has 3 aromatic rings. The van der Waals surface area contributed by atoms with Crippen molar-refractivity contribution in [2.24, 2.45) is 0 Å². The van der Waals surface area contributed by atoms with E-state index in [1.54, 1.807) is 37.4 Å². The van der Waals surface area contributed by atoms with Crippen LogP contribution in [0.2, 0.25) is 0 Å². The molecule has 0 amide bonds. The zero-order valence-corrected chi connectivity index (χ0v) is 18.6. The van der Waals surface area contributed by atoms with Crippen LogP contribution in [-0.4, -0.2) is 29.0 Å². The number of hydrogen-bond acceptors (Lipinski definition) is 3. The van der Waals surface area contributed by atoms with Crippen molar-refractivity contribution < 1.29 is 23.0 Å². The van der Waals surface area contributed by atoms with Gasteiger partial charge in [0.25, 0.3) is 0 Å². The van der Waals surface area contributed by atoms with Gasteiger partial charge >= 0.3 is 6.18 Å². The maximum atomic E-state index is 14.4. The van der Waals surface area contributed by atoms with Crippen molar-refractivity contribution in [3.05, 3.63) is 70.9 Å². The number of ether oxygens (including phenoxy) is 1. The highest BCUT2D eigenvalue weighted by molar-refractivity contribution is 5.82. The fraction of sp³-hybridized carbons (Fsp3) is 0.423. The Hall–Kier alpha value is -2.60. The lowest BCUT2D eigenvalue weighted by Crippen LogP contribution is -2.52. The van der Waals surface area contributed by atoms with Crippen LogP contribution in [0.15, 0.2) is 48.7 Å². The number of nitrogens with zero attached hydrogens (tertiary/aromatic N) is 1. The summed E-state index contributed by atoms with van der Waals surface area (Å²) >= 11 is 0. The first-order valence-corrected chi connectivity index (χ1v) is 10.9. The molecule has 0 aliphatic heterocycles. The SMILES string of the molecule is COc1ccc2c(c1C)CCCC2(C)CC(O)(Cc1ccnc2ccccc12)C(F)(F)F. The Balaban J connectivity index is 1.77. The quantitative estimate of drug-likeness (QED) is 0.520. The topological polar surface area (TPSA) is 42.4 Å². The second-order valence-corrected chi connectivity index (χ2v) is 9.20. The predicted octanol–water partition coefficient (Wildman–Crippen LogP) is 6.07. The minimum Gasteiger partial charge on any atom is -0.496 e. The van der Waals surface area contributed by atoms with Gasteiger partial charge in [0.1, 0.15) is 5.75 Å². The zero-order valence-electron chi connectivity index (χ0n) is 18.6. The van der Waals surface area contributed by atoms with Crippen LogP contribution in [0, 0.1) is 6.92 Å². The number of pyridine rings is 1. The highest BCUT2D eigenvalue weighted by Gasteiger charge is 2.57. The molecule has 0 saturated heterocycles. The number of para-hydroxylation sites is 1. The van der Waals surface area contributed by atoms with Crippen molar-refractivity contribution >= 4 is 10.9 Å². The Labute approximate surface area is 186 Å². The molecule has 170 valence electrons. The van der Waals surface area contributed by atoms with Gasteiger partial charge in [-0.2, -0.15) is 13.2 Å². The monoisotopic (exact) mass is 443 g/mol. The lowest BCUT2D eigenvalue weighted by atomic mass is 9.64. The van der Waals surface area contributed by atoms with Gasteiger partial charge in [-0.25, -0.2) is 0 Å². The third-order valence-electron chi connectivity index (χ3n) is 7.01.